The number of unbranched alkanes of at least 4 members (excludes halogenated alkanes) is 1. The molecule has 114 valence electrons. The van der Waals surface area contributed by atoms with Crippen LogP contribution in [0.5, 0.6) is 0 Å². The van der Waals surface area contributed by atoms with Gasteiger partial charge < -0.3 is 15.3 Å². The van der Waals surface area contributed by atoms with Gasteiger partial charge in [0, 0.05) is 29.8 Å². The van der Waals surface area contributed by atoms with Crippen molar-refractivity contribution in [2.45, 2.75) is 39.7 Å². The van der Waals surface area contributed by atoms with E-state index < -0.39 is 0 Å². The van der Waals surface area contributed by atoms with Gasteiger partial charge in [-0.1, -0.05) is 42.3 Å². The summed E-state index contributed by atoms with van der Waals surface area (Å²) in [4.78, 5) is 2.29. The SMILES string of the molecule is CCCCN(CCO)c1cc(Br)ccc1CNCCC. The van der Waals surface area contributed by atoms with E-state index in [4.69, 9.17) is 0 Å². The van der Waals surface area contributed by atoms with Crippen LogP contribution in [0, 0.1) is 0 Å². The first-order valence-electron chi connectivity index (χ1n) is 7.57. The maximum absolute atomic E-state index is 9.30. The van der Waals surface area contributed by atoms with Crippen molar-refractivity contribution in [3.05, 3.63) is 28.2 Å². The van der Waals surface area contributed by atoms with Gasteiger partial charge in [-0.25, -0.2) is 0 Å². The number of benzene rings is 1. The van der Waals surface area contributed by atoms with Gasteiger partial charge in [0.15, 0.2) is 0 Å². The highest BCUT2D eigenvalue weighted by atomic mass is 79.9. The van der Waals surface area contributed by atoms with Gasteiger partial charge in [0.05, 0.1) is 6.61 Å². The molecule has 2 N–H and O–H groups in total. The molecule has 20 heavy (non-hydrogen) atoms. The van der Waals surface area contributed by atoms with E-state index in [-0.39, 0.29) is 6.61 Å². The quantitative estimate of drug-likeness (QED) is 0.638. The highest BCUT2D eigenvalue weighted by molar-refractivity contribution is 9.10. The van der Waals surface area contributed by atoms with E-state index >= 15 is 0 Å². The van der Waals surface area contributed by atoms with Gasteiger partial charge in [-0.15, -0.1) is 0 Å². The molecule has 0 spiro atoms. The van der Waals surface area contributed by atoms with E-state index in [1.807, 2.05) is 0 Å². The van der Waals surface area contributed by atoms with Gasteiger partial charge in [-0.2, -0.15) is 0 Å². The number of hydrogen-bond acceptors (Lipinski definition) is 3. The van der Waals surface area contributed by atoms with Crippen LogP contribution in [0.3, 0.4) is 0 Å². The van der Waals surface area contributed by atoms with Crippen molar-refractivity contribution in [2.75, 3.05) is 31.1 Å². The molecule has 1 rings (SSSR count). The second kappa shape index (κ2) is 10.2. The molecule has 1 aromatic carbocycles. The van der Waals surface area contributed by atoms with Gasteiger partial charge in [-0.05, 0) is 37.1 Å². The monoisotopic (exact) mass is 342 g/mol. The fourth-order valence-electron chi connectivity index (χ4n) is 2.20. The molecule has 0 unspecified atom stereocenters. The van der Waals surface area contributed by atoms with Gasteiger partial charge in [0.25, 0.3) is 0 Å². The van der Waals surface area contributed by atoms with E-state index in [0.29, 0.717) is 6.54 Å². The zero-order valence-corrected chi connectivity index (χ0v) is 14.2. The Labute approximate surface area is 131 Å². The number of nitrogens with zero attached hydrogens (tertiary/aromatic N) is 1. The first-order chi connectivity index (χ1) is 9.72. The average molecular weight is 343 g/mol. The number of aliphatic hydroxyl groups is 1. The van der Waals surface area contributed by atoms with Crippen molar-refractivity contribution in [1.82, 2.24) is 5.32 Å². The number of nitrogens with one attached hydrogen (secondary N) is 1. The molecule has 0 saturated carbocycles. The lowest BCUT2D eigenvalue weighted by atomic mass is 10.1. The van der Waals surface area contributed by atoms with Gasteiger partial charge in [0.1, 0.15) is 0 Å². The molecule has 0 bridgehead atoms. The molecule has 0 atom stereocenters. The van der Waals surface area contributed by atoms with Gasteiger partial charge in [-0.3, -0.25) is 0 Å². The maximum atomic E-state index is 9.30. The fraction of sp³-hybridized carbons (Fsp3) is 0.625. The summed E-state index contributed by atoms with van der Waals surface area (Å²) in [5.74, 6) is 0. The van der Waals surface area contributed by atoms with Crippen molar-refractivity contribution in [3.63, 3.8) is 0 Å². The molecule has 0 aliphatic carbocycles. The number of hydrogen-bond donors (Lipinski definition) is 2. The Morgan fingerprint density at radius 1 is 1.20 bits per heavy atom. The number of rotatable bonds is 10. The molecule has 0 radical (unpaired) electrons. The molecule has 0 aliphatic rings. The molecule has 0 aliphatic heterocycles. The van der Waals surface area contributed by atoms with E-state index in [0.717, 1.165) is 36.9 Å². The van der Waals surface area contributed by atoms with Crippen molar-refractivity contribution < 1.29 is 5.11 Å². The predicted octanol–water partition coefficient (Wildman–Crippen LogP) is 3.55. The van der Waals surface area contributed by atoms with E-state index in [2.05, 4.69) is 58.2 Å². The Bertz CT molecular complexity index is 385. The molecule has 4 heteroatoms. The number of aliphatic hydroxyl groups excluding tert-OH is 1. The van der Waals surface area contributed by atoms with Crippen LogP contribution in [-0.2, 0) is 6.54 Å². The van der Waals surface area contributed by atoms with Gasteiger partial charge in [0.2, 0.25) is 0 Å². The van der Waals surface area contributed by atoms with Crippen molar-refractivity contribution in [1.29, 1.82) is 0 Å². The number of halogens is 1. The summed E-state index contributed by atoms with van der Waals surface area (Å²) in [5, 5.41) is 12.8. The Morgan fingerprint density at radius 3 is 2.65 bits per heavy atom. The minimum atomic E-state index is 0.193. The molecule has 1 aromatic rings. The third-order valence-corrected chi connectivity index (χ3v) is 3.78. The Hall–Kier alpha value is -0.580. The highest BCUT2D eigenvalue weighted by Gasteiger charge is 2.11. The standard InChI is InChI=1S/C16H27BrN2O/c1-3-5-9-19(10-11-20)16-12-15(17)7-6-14(16)13-18-8-4-2/h6-7,12,18,20H,3-5,8-11,13H2,1-2H3. The minimum Gasteiger partial charge on any atom is -0.395 e. The normalized spacial score (nSPS) is 10.8. The lowest BCUT2D eigenvalue weighted by molar-refractivity contribution is 0.301. The van der Waals surface area contributed by atoms with Crippen LogP contribution in [0.25, 0.3) is 0 Å². The van der Waals surface area contributed by atoms with Crippen LogP contribution in [0.1, 0.15) is 38.7 Å². The maximum Gasteiger partial charge on any atom is 0.0606 e. The summed E-state index contributed by atoms with van der Waals surface area (Å²) in [7, 11) is 0. The molecule has 0 saturated heterocycles. The van der Waals surface area contributed by atoms with Crippen LogP contribution in [0.2, 0.25) is 0 Å². The van der Waals surface area contributed by atoms with Crippen molar-refractivity contribution in [3.8, 4) is 0 Å². The second-order valence-corrected chi connectivity index (χ2v) is 5.93. The van der Waals surface area contributed by atoms with E-state index in [1.54, 1.807) is 0 Å². The predicted molar refractivity (Wildman–Crippen MR) is 90.3 cm³/mol. The summed E-state index contributed by atoms with van der Waals surface area (Å²) in [6, 6.07) is 6.41. The first kappa shape index (κ1) is 17.5. The summed E-state index contributed by atoms with van der Waals surface area (Å²) >= 11 is 3.56. The Morgan fingerprint density at radius 2 is 2.00 bits per heavy atom. The summed E-state index contributed by atoms with van der Waals surface area (Å²) in [5.41, 5.74) is 2.52. The van der Waals surface area contributed by atoms with E-state index in [9.17, 15) is 5.11 Å². The largest absolute Gasteiger partial charge is 0.395 e. The first-order valence-corrected chi connectivity index (χ1v) is 8.37. The highest BCUT2D eigenvalue weighted by Crippen LogP contribution is 2.25. The minimum absolute atomic E-state index is 0.193. The van der Waals surface area contributed by atoms with E-state index in [1.165, 1.54) is 17.7 Å². The topological polar surface area (TPSA) is 35.5 Å². The van der Waals surface area contributed by atoms with Crippen molar-refractivity contribution in [2.24, 2.45) is 0 Å². The molecule has 0 amide bonds. The lowest BCUT2D eigenvalue weighted by Gasteiger charge is -2.27. The summed E-state index contributed by atoms with van der Waals surface area (Å²) in [6.07, 6.45) is 3.45. The lowest BCUT2D eigenvalue weighted by Crippen LogP contribution is -2.29. The molecule has 0 fully saturated rings. The third kappa shape index (κ3) is 5.81. The molecular formula is C16H27BrN2O. The van der Waals surface area contributed by atoms with Crippen LogP contribution < -0.4 is 10.2 Å². The van der Waals surface area contributed by atoms with Crippen molar-refractivity contribution >= 4 is 21.6 Å². The zero-order valence-electron chi connectivity index (χ0n) is 12.7. The molecular weight excluding hydrogens is 316 g/mol. The van der Waals surface area contributed by atoms with Crippen LogP contribution in [-0.4, -0.2) is 31.3 Å². The number of anilines is 1. The summed E-state index contributed by atoms with van der Waals surface area (Å²) < 4.78 is 1.09. The smallest absolute Gasteiger partial charge is 0.0606 e. The zero-order chi connectivity index (χ0) is 14.8. The van der Waals surface area contributed by atoms with Crippen LogP contribution >= 0.6 is 15.9 Å². The van der Waals surface area contributed by atoms with Crippen LogP contribution in [0.15, 0.2) is 22.7 Å². The Balaban J connectivity index is 2.88. The second-order valence-electron chi connectivity index (χ2n) is 5.01. The average Bonchev–Trinajstić information content (AvgIpc) is 2.45. The fourth-order valence-corrected chi connectivity index (χ4v) is 2.55. The third-order valence-electron chi connectivity index (χ3n) is 3.28. The summed E-state index contributed by atoms with van der Waals surface area (Å²) in [6.45, 7) is 8.16. The molecule has 3 nitrogen and oxygen atoms in total. The van der Waals surface area contributed by atoms with Crippen LogP contribution in [0.4, 0.5) is 5.69 Å². The molecule has 0 aromatic heterocycles. The molecule has 0 heterocycles. The van der Waals surface area contributed by atoms with Gasteiger partial charge >= 0.3 is 0 Å². The Kier molecular flexibility index (Phi) is 8.90.